The minimum atomic E-state index is -0.236. The van der Waals surface area contributed by atoms with Crippen molar-refractivity contribution in [3.63, 3.8) is 0 Å². The molecule has 1 aromatic rings. The Labute approximate surface area is 160 Å². The summed E-state index contributed by atoms with van der Waals surface area (Å²) in [5.41, 5.74) is 1.66. The third kappa shape index (κ3) is 3.86. The van der Waals surface area contributed by atoms with Gasteiger partial charge in [-0.3, -0.25) is 14.5 Å². The Hall–Kier alpha value is -2.34. The summed E-state index contributed by atoms with van der Waals surface area (Å²) in [6.45, 7) is 5.81. The SMILES string of the molecule is COc1ccc(C2=C(N3CCCC(CO)C3)C(=O)N(CC(C)C)C2=O)cc1. The number of ether oxygens (including phenoxy) is 1. The Balaban J connectivity index is 2.03. The quantitative estimate of drug-likeness (QED) is 0.775. The van der Waals surface area contributed by atoms with E-state index in [4.69, 9.17) is 4.74 Å². The van der Waals surface area contributed by atoms with E-state index in [9.17, 15) is 14.7 Å². The van der Waals surface area contributed by atoms with E-state index in [-0.39, 0.29) is 30.3 Å². The summed E-state index contributed by atoms with van der Waals surface area (Å²) in [7, 11) is 1.59. The van der Waals surface area contributed by atoms with E-state index >= 15 is 0 Å². The summed E-state index contributed by atoms with van der Waals surface area (Å²) in [5, 5.41) is 9.56. The highest BCUT2D eigenvalue weighted by atomic mass is 16.5. The van der Waals surface area contributed by atoms with Gasteiger partial charge in [0.15, 0.2) is 0 Å². The van der Waals surface area contributed by atoms with Crippen LogP contribution in [0, 0.1) is 11.8 Å². The van der Waals surface area contributed by atoms with E-state index in [1.54, 1.807) is 19.2 Å². The molecule has 0 aromatic heterocycles. The summed E-state index contributed by atoms with van der Waals surface area (Å²) in [4.78, 5) is 29.7. The van der Waals surface area contributed by atoms with Crippen molar-refractivity contribution in [1.82, 2.24) is 9.80 Å². The van der Waals surface area contributed by atoms with Crippen molar-refractivity contribution in [3.05, 3.63) is 35.5 Å². The van der Waals surface area contributed by atoms with Crippen LogP contribution in [0.1, 0.15) is 32.3 Å². The molecule has 3 rings (SSSR count). The molecule has 1 saturated heterocycles. The second-order valence-electron chi connectivity index (χ2n) is 7.70. The topological polar surface area (TPSA) is 70.1 Å². The second kappa shape index (κ2) is 8.13. The lowest BCUT2D eigenvalue weighted by atomic mass is 9.97. The molecule has 1 fully saturated rings. The molecule has 1 N–H and O–H groups in total. The first-order chi connectivity index (χ1) is 13.0. The molecule has 6 heteroatoms. The molecule has 2 aliphatic rings. The summed E-state index contributed by atoms with van der Waals surface area (Å²) < 4.78 is 5.21. The third-order valence-electron chi connectivity index (χ3n) is 5.16. The molecule has 27 heavy (non-hydrogen) atoms. The van der Waals surface area contributed by atoms with Gasteiger partial charge in [0.1, 0.15) is 11.4 Å². The van der Waals surface area contributed by atoms with Gasteiger partial charge in [0.05, 0.1) is 12.7 Å². The normalized spacial score (nSPS) is 20.9. The van der Waals surface area contributed by atoms with Crippen LogP contribution >= 0.6 is 0 Å². The first-order valence-electron chi connectivity index (χ1n) is 9.57. The van der Waals surface area contributed by atoms with E-state index < -0.39 is 0 Å². The molecule has 2 heterocycles. The summed E-state index contributed by atoms with van der Waals surface area (Å²) in [6, 6.07) is 7.25. The zero-order valence-corrected chi connectivity index (χ0v) is 16.3. The monoisotopic (exact) mass is 372 g/mol. The number of methoxy groups -OCH3 is 1. The number of amides is 2. The lowest BCUT2D eigenvalue weighted by molar-refractivity contribution is -0.138. The molecular weight excluding hydrogens is 344 g/mol. The molecule has 2 aliphatic heterocycles. The number of benzene rings is 1. The van der Waals surface area contributed by atoms with Crippen molar-refractivity contribution in [2.75, 3.05) is 33.4 Å². The molecule has 0 radical (unpaired) electrons. The lowest BCUT2D eigenvalue weighted by Gasteiger charge is -2.34. The van der Waals surface area contributed by atoms with Crippen LogP contribution in [0.15, 0.2) is 30.0 Å². The number of hydrogen-bond acceptors (Lipinski definition) is 5. The fourth-order valence-corrected chi connectivity index (χ4v) is 3.82. The molecule has 0 bridgehead atoms. The van der Waals surface area contributed by atoms with Gasteiger partial charge in [0.2, 0.25) is 0 Å². The molecule has 146 valence electrons. The first-order valence-corrected chi connectivity index (χ1v) is 9.57. The Morgan fingerprint density at radius 3 is 2.48 bits per heavy atom. The fourth-order valence-electron chi connectivity index (χ4n) is 3.82. The maximum Gasteiger partial charge on any atom is 0.277 e. The van der Waals surface area contributed by atoms with E-state index in [0.717, 1.165) is 24.9 Å². The minimum absolute atomic E-state index is 0.0967. The maximum absolute atomic E-state index is 13.2. The number of rotatable bonds is 6. The molecular formula is C21H28N2O4. The summed E-state index contributed by atoms with van der Waals surface area (Å²) in [6.07, 6.45) is 1.84. The third-order valence-corrected chi connectivity index (χ3v) is 5.16. The molecule has 0 spiro atoms. The number of carbonyl (C=O) groups excluding carboxylic acids is 2. The Bertz CT molecular complexity index is 739. The van der Waals surface area contributed by atoms with Crippen molar-refractivity contribution >= 4 is 17.4 Å². The first kappa shape index (κ1) is 19.4. The Morgan fingerprint density at radius 1 is 1.19 bits per heavy atom. The highest BCUT2D eigenvalue weighted by molar-refractivity contribution is 6.35. The maximum atomic E-state index is 13.2. The predicted molar refractivity (Wildman–Crippen MR) is 103 cm³/mol. The number of imide groups is 1. The van der Waals surface area contributed by atoms with Gasteiger partial charge in [0.25, 0.3) is 11.8 Å². The van der Waals surface area contributed by atoms with Crippen LogP contribution in [0.2, 0.25) is 0 Å². The number of nitrogens with zero attached hydrogens (tertiary/aromatic N) is 2. The van der Waals surface area contributed by atoms with Crippen molar-refractivity contribution < 1.29 is 19.4 Å². The smallest absolute Gasteiger partial charge is 0.277 e. The van der Waals surface area contributed by atoms with Gasteiger partial charge in [-0.15, -0.1) is 0 Å². The highest BCUT2D eigenvalue weighted by Crippen LogP contribution is 2.34. The van der Waals surface area contributed by atoms with Crippen LogP contribution in [0.3, 0.4) is 0 Å². The van der Waals surface area contributed by atoms with Gasteiger partial charge < -0.3 is 14.7 Å². The molecule has 1 aromatic carbocycles. The average Bonchev–Trinajstić information content (AvgIpc) is 2.92. The lowest BCUT2D eigenvalue weighted by Crippen LogP contribution is -2.41. The number of carbonyl (C=O) groups is 2. The molecule has 2 amide bonds. The zero-order valence-electron chi connectivity index (χ0n) is 16.3. The molecule has 0 aliphatic carbocycles. The number of hydrogen-bond donors (Lipinski definition) is 1. The van der Waals surface area contributed by atoms with Crippen molar-refractivity contribution in [2.45, 2.75) is 26.7 Å². The average molecular weight is 372 g/mol. The number of aliphatic hydroxyl groups excluding tert-OH is 1. The summed E-state index contributed by atoms with van der Waals surface area (Å²) in [5.74, 6) is 0.569. The van der Waals surface area contributed by atoms with Gasteiger partial charge in [-0.2, -0.15) is 0 Å². The minimum Gasteiger partial charge on any atom is -0.497 e. The predicted octanol–water partition coefficient (Wildman–Crippen LogP) is 2.14. The van der Waals surface area contributed by atoms with Crippen LogP contribution in [-0.4, -0.2) is 60.1 Å². The van der Waals surface area contributed by atoms with E-state index in [2.05, 4.69) is 0 Å². The van der Waals surface area contributed by atoms with Crippen molar-refractivity contribution in [1.29, 1.82) is 0 Å². The van der Waals surface area contributed by atoms with Gasteiger partial charge >= 0.3 is 0 Å². The van der Waals surface area contributed by atoms with Crippen molar-refractivity contribution in [2.24, 2.45) is 11.8 Å². The van der Waals surface area contributed by atoms with E-state index in [0.29, 0.717) is 30.1 Å². The summed E-state index contributed by atoms with van der Waals surface area (Å²) >= 11 is 0. The second-order valence-corrected chi connectivity index (χ2v) is 7.70. The van der Waals surface area contributed by atoms with Crippen LogP contribution in [0.5, 0.6) is 5.75 Å². The number of likely N-dealkylation sites (tertiary alicyclic amines) is 1. The van der Waals surface area contributed by atoms with Crippen LogP contribution in [0.25, 0.3) is 5.57 Å². The molecule has 1 atom stereocenters. The van der Waals surface area contributed by atoms with E-state index in [1.165, 1.54) is 4.90 Å². The standard InChI is InChI=1S/C21H28N2O4/c1-14(2)11-23-20(25)18(16-6-8-17(27-3)9-7-16)19(21(23)26)22-10-4-5-15(12-22)13-24/h6-9,14-15,24H,4-5,10-13H2,1-3H3. The largest absolute Gasteiger partial charge is 0.497 e. The number of piperidine rings is 1. The zero-order chi connectivity index (χ0) is 19.6. The van der Waals surface area contributed by atoms with Gasteiger partial charge in [0, 0.05) is 26.2 Å². The molecule has 6 nitrogen and oxygen atoms in total. The van der Waals surface area contributed by atoms with Gasteiger partial charge in [-0.25, -0.2) is 0 Å². The highest BCUT2D eigenvalue weighted by Gasteiger charge is 2.42. The number of aliphatic hydroxyl groups is 1. The van der Waals surface area contributed by atoms with Crippen LogP contribution in [-0.2, 0) is 9.59 Å². The Kier molecular flexibility index (Phi) is 5.85. The fraction of sp³-hybridized carbons (Fsp3) is 0.524. The van der Waals surface area contributed by atoms with Crippen LogP contribution in [0.4, 0.5) is 0 Å². The Morgan fingerprint density at radius 2 is 1.89 bits per heavy atom. The van der Waals surface area contributed by atoms with Gasteiger partial charge in [-0.1, -0.05) is 26.0 Å². The van der Waals surface area contributed by atoms with Gasteiger partial charge in [-0.05, 0) is 42.4 Å². The molecule has 0 saturated carbocycles. The van der Waals surface area contributed by atoms with Crippen LogP contribution < -0.4 is 4.74 Å². The van der Waals surface area contributed by atoms with E-state index in [1.807, 2.05) is 30.9 Å². The van der Waals surface area contributed by atoms with Crippen molar-refractivity contribution in [3.8, 4) is 5.75 Å². The molecule has 1 unspecified atom stereocenters.